The molecule has 1 unspecified atom stereocenters. The summed E-state index contributed by atoms with van der Waals surface area (Å²) in [5.41, 5.74) is 1.62. The third kappa shape index (κ3) is 3.37. The first-order valence-electron chi connectivity index (χ1n) is 6.33. The molecule has 0 N–H and O–H groups in total. The number of hydrogen-bond acceptors (Lipinski definition) is 0. The second-order valence-corrected chi connectivity index (χ2v) is 4.47. The van der Waals surface area contributed by atoms with Gasteiger partial charge in [0.25, 0.3) is 0 Å². The zero-order valence-corrected chi connectivity index (χ0v) is 9.81. The predicted molar refractivity (Wildman–Crippen MR) is 70.2 cm³/mol. The Hall–Kier alpha value is -1.30. The first-order valence-corrected chi connectivity index (χ1v) is 6.33. The average Bonchev–Trinajstić information content (AvgIpc) is 2.42. The van der Waals surface area contributed by atoms with Gasteiger partial charge in [-0.3, -0.25) is 0 Å². The zero-order valence-electron chi connectivity index (χ0n) is 9.81. The standard InChI is InChI=1S/C10H14.C6H6/c1-2-6-10-8-4-3-7-9(10)5-1;1-2-4-6-5-3-1/h1,5,7,10H,2-4,6,8H2;1-6H. The largest absolute Gasteiger partial charge is 0.0842 e. The summed E-state index contributed by atoms with van der Waals surface area (Å²) in [5, 5.41) is 0. The molecule has 1 aromatic rings. The lowest BCUT2D eigenvalue weighted by molar-refractivity contribution is 0.481. The Labute approximate surface area is 98.7 Å². The van der Waals surface area contributed by atoms with Gasteiger partial charge in [-0.15, -0.1) is 0 Å². The fraction of sp³-hybridized carbons (Fsp3) is 0.375. The first kappa shape index (κ1) is 11.2. The van der Waals surface area contributed by atoms with E-state index in [1.165, 1.54) is 32.1 Å². The topological polar surface area (TPSA) is 0 Å². The molecule has 0 nitrogen and oxygen atoms in total. The van der Waals surface area contributed by atoms with E-state index in [1.807, 2.05) is 36.4 Å². The van der Waals surface area contributed by atoms with Gasteiger partial charge in [-0.1, -0.05) is 54.6 Å². The van der Waals surface area contributed by atoms with Crippen molar-refractivity contribution in [2.75, 3.05) is 0 Å². The molecule has 16 heavy (non-hydrogen) atoms. The first-order chi connectivity index (χ1) is 7.97. The maximum atomic E-state index is 2.42. The van der Waals surface area contributed by atoms with E-state index in [-0.39, 0.29) is 0 Å². The molecule has 0 saturated heterocycles. The number of hydrogen-bond donors (Lipinski definition) is 0. The predicted octanol–water partition coefficient (Wildman–Crippen LogP) is 4.75. The summed E-state index contributed by atoms with van der Waals surface area (Å²) in [6.45, 7) is 0. The van der Waals surface area contributed by atoms with Crippen molar-refractivity contribution in [1.29, 1.82) is 0 Å². The minimum atomic E-state index is 0.929. The van der Waals surface area contributed by atoms with E-state index in [0.29, 0.717) is 0 Å². The minimum absolute atomic E-state index is 0.929. The number of rotatable bonds is 0. The molecule has 0 heteroatoms. The van der Waals surface area contributed by atoms with E-state index in [2.05, 4.69) is 18.2 Å². The van der Waals surface area contributed by atoms with Crippen molar-refractivity contribution < 1.29 is 0 Å². The van der Waals surface area contributed by atoms with Gasteiger partial charge >= 0.3 is 0 Å². The summed E-state index contributed by atoms with van der Waals surface area (Å²) in [6, 6.07) is 12.0. The van der Waals surface area contributed by atoms with Crippen LogP contribution in [-0.2, 0) is 0 Å². The van der Waals surface area contributed by atoms with Crippen molar-refractivity contribution in [2.24, 2.45) is 5.92 Å². The summed E-state index contributed by atoms with van der Waals surface area (Å²) in [4.78, 5) is 0. The highest BCUT2D eigenvalue weighted by Crippen LogP contribution is 2.32. The Bertz CT molecular complexity index is 319. The van der Waals surface area contributed by atoms with Crippen molar-refractivity contribution in [2.45, 2.75) is 32.1 Å². The van der Waals surface area contributed by atoms with Crippen LogP contribution >= 0.6 is 0 Å². The molecule has 0 amide bonds. The molecular formula is C16H20. The molecule has 2 aliphatic rings. The van der Waals surface area contributed by atoms with Crippen molar-refractivity contribution in [3.8, 4) is 0 Å². The summed E-state index contributed by atoms with van der Waals surface area (Å²) in [7, 11) is 0. The molecule has 1 aromatic carbocycles. The Kier molecular flexibility index (Phi) is 4.42. The Morgan fingerprint density at radius 1 is 0.812 bits per heavy atom. The van der Waals surface area contributed by atoms with Crippen LogP contribution in [0.25, 0.3) is 0 Å². The normalized spacial score (nSPS) is 22.5. The Morgan fingerprint density at radius 2 is 1.50 bits per heavy atom. The van der Waals surface area contributed by atoms with Gasteiger partial charge in [-0.2, -0.15) is 0 Å². The van der Waals surface area contributed by atoms with Crippen LogP contribution in [0.4, 0.5) is 0 Å². The fourth-order valence-corrected chi connectivity index (χ4v) is 2.38. The monoisotopic (exact) mass is 212 g/mol. The van der Waals surface area contributed by atoms with Crippen LogP contribution in [0.5, 0.6) is 0 Å². The second kappa shape index (κ2) is 6.32. The van der Waals surface area contributed by atoms with Gasteiger partial charge < -0.3 is 0 Å². The lowest BCUT2D eigenvalue weighted by Gasteiger charge is -2.24. The van der Waals surface area contributed by atoms with Crippen LogP contribution in [0.15, 0.2) is 60.2 Å². The highest BCUT2D eigenvalue weighted by atomic mass is 14.2. The molecular weight excluding hydrogens is 192 g/mol. The molecule has 0 fully saturated rings. The Morgan fingerprint density at radius 3 is 2.12 bits per heavy atom. The molecule has 84 valence electrons. The van der Waals surface area contributed by atoms with Gasteiger partial charge in [0.2, 0.25) is 0 Å². The summed E-state index contributed by atoms with van der Waals surface area (Å²) >= 11 is 0. The third-order valence-corrected chi connectivity index (χ3v) is 3.27. The van der Waals surface area contributed by atoms with E-state index in [1.54, 1.807) is 5.57 Å². The lowest BCUT2D eigenvalue weighted by atomic mass is 9.81. The SMILES string of the molecule is C1=CC2=CCCCC2CC1.c1ccccc1. The van der Waals surface area contributed by atoms with Gasteiger partial charge in [0.1, 0.15) is 0 Å². The average molecular weight is 212 g/mol. The van der Waals surface area contributed by atoms with Crippen LogP contribution in [0.1, 0.15) is 32.1 Å². The smallest absolute Gasteiger partial charge is 0.0162 e. The molecule has 0 saturated carbocycles. The fourth-order valence-electron chi connectivity index (χ4n) is 2.38. The highest BCUT2D eigenvalue weighted by Gasteiger charge is 2.16. The summed E-state index contributed by atoms with van der Waals surface area (Å²) in [5.74, 6) is 0.929. The lowest BCUT2D eigenvalue weighted by Crippen LogP contribution is -2.09. The van der Waals surface area contributed by atoms with E-state index in [4.69, 9.17) is 0 Å². The van der Waals surface area contributed by atoms with Gasteiger partial charge in [-0.25, -0.2) is 0 Å². The molecule has 0 heterocycles. The van der Waals surface area contributed by atoms with E-state index >= 15 is 0 Å². The van der Waals surface area contributed by atoms with E-state index < -0.39 is 0 Å². The maximum Gasteiger partial charge on any atom is -0.0162 e. The van der Waals surface area contributed by atoms with Crippen LogP contribution < -0.4 is 0 Å². The molecule has 0 aliphatic heterocycles. The number of allylic oxidation sites excluding steroid dienone is 4. The summed E-state index contributed by atoms with van der Waals surface area (Å²) in [6.07, 6.45) is 13.9. The minimum Gasteiger partial charge on any atom is -0.0842 e. The zero-order chi connectivity index (χ0) is 11.1. The van der Waals surface area contributed by atoms with Crippen molar-refractivity contribution >= 4 is 0 Å². The number of fused-ring (bicyclic) bond motifs is 1. The molecule has 0 spiro atoms. The van der Waals surface area contributed by atoms with Gasteiger partial charge in [0.15, 0.2) is 0 Å². The van der Waals surface area contributed by atoms with Gasteiger partial charge in [0.05, 0.1) is 0 Å². The molecule has 0 aromatic heterocycles. The van der Waals surface area contributed by atoms with Crippen LogP contribution in [0.2, 0.25) is 0 Å². The van der Waals surface area contributed by atoms with Crippen LogP contribution in [-0.4, -0.2) is 0 Å². The Balaban J connectivity index is 0.000000138. The molecule has 2 aliphatic carbocycles. The molecule has 0 radical (unpaired) electrons. The van der Waals surface area contributed by atoms with Crippen molar-refractivity contribution in [1.82, 2.24) is 0 Å². The van der Waals surface area contributed by atoms with Crippen LogP contribution in [0, 0.1) is 5.92 Å². The van der Waals surface area contributed by atoms with Crippen molar-refractivity contribution in [3.05, 3.63) is 60.2 Å². The van der Waals surface area contributed by atoms with Gasteiger partial charge in [-0.05, 0) is 43.6 Å². The summed E-state index contributed by atoms with van der Waals surface area (Å²) < 4.78 is 0. The maximum absolute atomic E-state index is 2.42. The number of benzene rings is 1. The highest BCUT2D eigenvalue weighted by molar-refractivity contribution is 5.26. The van der Waals surface area contributed by atoms with Crippen molar-refractivity contribution in [3.63, 3.8) is 0 Å². The second-order valence-electron chi connectivity index (χ2n) is 4.47. The third-order valence-electron chi connectivity index (χ3n) is 3.27. The van der Waals surface area contributed by atoms with Gasteiger partial charge in [0, 0.05) is 0 Å². The van der Waals surface area contributed by atoms with E-state index in [9.17, 15) is 0 Å². The van der Waals surface area contributed by atoms with E-state index in [0.717, 1.165) is 5.92 Å². The molecule has 0 bridgehead atoms. The quantitative estimate of drug-likeness (QED) is 0.582. The molecule has 1 atom stereocenters. The van der Waals surface area contributed by atoms with Crippen LogP contribution in [0.3, 0.4) is 0 Å². The molecule has 3 rings (SSSR count).